The zero-order valence-corrected chi connectivity index (χ0v) is 14.0. The van der Waals surface area contributed by atoms with Crippen LogP contribution in [0.15, 0.2) is 35.9 Å². The Balaban J connectivity index is 2.22. The van der Waals surface area contributed by atoms with Crippen molar-refractivity contribution in [2.24, 2.45) is 5.92 Å². The number of carbonyl (C=O) groups excluding carboxylic acids is 1. The predicted molar refractivity (Wildman–Crippen MR) is 92.9 cm³/mol. The summed E-state index contributed by atoms with van der Waals surface area (Å²) in [5.41, 5.74) is 1.26. The van der Waals surface area contributed by atoms with Crippen LogP contribution in [0.5, 0.6) is 11.5 Å². The van der Waals surface area contributed by atoms with Crippen molar-refractivity contribution in [3.05, 3.63) is 47.1 Å². The first-order valence-electron chi connectivity index (χ1n) is 7.82. The summed E-state index contributed by atoms with van der Waals surface area (Å²) in [6.45, 7) is 3.96. The zero-order chi connectivity index (χ0) is 18.6. The molecule has 0 aromatic heterocycles. The van der Waals surface area contributed by atoms with E-state index in [1.165, 1.54) is 24.3 Å². The summed E-state index contributed by atoms with van der Waals surface area (Å²) in [7, 11) is 0. The van der Waals surface area contributed by atoms with Gasteiger partial charge in [0.05, 0.1) is 12.0 Å². The molecule has 0 bridgehead atoms. The van der Waals surface area contributed by atoms with Gasteiger partial charge in [0.25, 0.3) is 0 Å². The van der Waals surface area contributed by atoms with Crippen molar-refractivity contribution in [2.75, 3.05) is 0 Å². The third kappa shape index (κ3) is 4.97. The first-order chi connectivity index (χ1) is 11.8. The average molecular weight is 344 g/mol. The molecule has 0 fully saturated rings. The summed E-state index contributed by atoms with van der Waals surface area (Å²) in [5, 5.41) is 29.0. The number of benzene rings is 1. The third-order valence-electron chi connectivity index (χ3n) is 3.55. The summed E-state index contributed by atoms with van der Waals surface area (Å²) in [6.07, 6.45) is 6.68. The number of ether oxygens (including phenoxy) is 1. The Hall–Kier alpha value is -3.02. The Morgan fingerprint density at radius 2 is 1.84 bits per heavy atom. The summed E-state index contributed by atoms with van der Waals surface area (Å²) in [5.74, 6) is -1.55. The molecule has 25 heavy (non-hydrogen) atoms. The summed E-state index contributed by atoms with van der Waals surface area (Å²) in [6, 6.07) is 2.95. The molecule has 132 valence electrons. The van der Waals surface area contributed by atoms with Crippen LogP contribution >= 0.6 is 0 Å². The van der Waals surface area contributed by atoms with E-state index in [0.29, 0.717) is 16.7 Å². The van der Waals surface area contributed by atoms with Crippen molar-refractivity contribution in [1.29, 1.82) is 0 Å². The van der Waals surface area contributed by atoms with Gasteiger partial charge in [-0.25, -0.2) is 4.79 Å². The molecular formula is C19H20O6. The molecular weight excluding hydrogens is 324 g/mol. The number of carbonyl (C=O) groups is 2. The second kappa shape index (κ2) is 7.70. The van der Waals surface area contributed by atoms with E-state index in [1.54, 1.807) is 12.2 Å². The van der Waals surface area contributed by atoms with Crippen LogP contribution < -0.4 is 0 Å². The number of aromatic hydroxyl groups is 2. The summed E-state index contributed by atoms with van der Waals surface area (Å²) < 4.78 is 4.92. The highest BCUT2D eigenvalue weighted by Crippen LogP contribution is 2.31. The van der Waals surface area contributed by atoms with Crippen LogP contribution in [-0.2, 0) is 14.3 Å². The van der Waals surface area contributed by atoms with E-state index in [2.05, 4.69) is 0 Å². The Labute approximate surface area is 145 Å². The monoisotopic (exact) mass is 344 g/mol. The number of hydrogen-bond donors (Lipinski definition) is 3. The first kappa shape index (κ1) is 18.3. The Morgan fingerprint density at radius 3 is 2.40 bits per heavy atom. The van der Waals surface area contributed by atoms with Gasteiger partial charge in [-0.15, -0.1) is 0 Å². The molecule has 0 spiro atoms. The molecule has 1 heterocycles. The molecule has 2 rings (SSSR count). The van der Waals surface area contributed by atoms with Gasteiger partial charge in [-0.1, -0.05) is 38.2 Å². The van der Waals surface area contributed by atoms with E-state index < -0.39 is 18.0 Å². The number of carboxylic acid groups (broad SMARTS) is 1. The van der Waals surface area contributed by atoms with Crippen LogP contribution in [0.3, 0.4) is 0 Å². The Morgan fingerprint density at radius 1 is 1.20 bits per heavy atom. The molecule has 0 saturated carbocycles. The lowest BCUT2D eigenvalue weighted by Crippen LogP contribution is -2.15. The van der Waals surface area contributed by atoms with Crippen LogP contribution in [0.4, 0.5) is 0 Å². The molecule has 1 aliphatic heterocycles. The molecule has 6 nitrogen and oxygen atoms in total. The minimum absolute atomic E-state index is 0.0774. The lowest BCUT2D eigenvalue weighted by atomic mass is 10.0. The van der Waals surface area contributed by atoms with E-state index in [4.69, 9.17) is 9.84 Å². The third-order valence-corrected chi connectivity index (χ3v) is 3.55. The molecule has 0 saturated heterocycles. The number of carboxylic acids is 1. The normalized spacial score (nSPS) is 17.5. The number of phenols is 2. The molecule has 1 atom stereocenters. The average Bonchev–Trinajstić information content (AvgIpc) is 2.82. The van der Waals surface area contributed by atoms with E-state index in [1.807, 2.05) is 19.9 Å². The number of aliphatic carboxylic acids is 1. The smallest absolute Gasteiger partial charge is 0.331 e. The van der Waals surface area contributed by atoms with Crippen molar-refractivity contribution in [2.45, 2.75) is 26.4 Å². The Bertz CT molecular complexity index is 747. The van der Waals surface area contributed by atoms with Crippen LogP contribution in [0.25, 0.3) is 12.2 Å². The second-order valence-electron chi connectivity index (χ2n) is 6.08. The molecule has 1 aromatic carbocycles. The van der Waals surface area contributed by atoms with Gasteiger partial charge in [0.2, 0.25) is 0 Å². The fourth-order valence-electron chi connectivity index (χ4n) is 2.34. The topological polar surface area (TPSA) is 104 Å². The maximum absolute atomic E-state index is 11.3. The summed E-state index contributed by atoms with van der Waals surface area (Å²) >= 11 is 0. The van der Waals surface area contributed by atoms with E-state index >= 15 is 0 Å². The van der Waals surface area contributed by atoms with Crippen LogP contribution in [0, 0.1) is 5.92 Å². The van der Waals surface area contributed by atoms with E-state index in [-0.39, 0.29) is 23.8 Å². The van der Waals surface area contributed by atoms with Gasteiger partial charge >= 0.3 is 11.9 Å². The van der Waals surface area contributed by atoms with Crippen molar-refractivity contribution in [3.8, 4) is 11.5 Å². The molecule has 1 aromatic rings. The van der Waals surface area contributed by atoms with Gasteiger partial charge in [-0.05, 0) is 23.6 Å². The highest BCUT2D eigenvalue weighted by molar-refractivity contribution is 5.88. The first-order valence-corrected chi connectivity index (χ1v) is 7.82. The number of hydrogen-bond acceptors (Lipinski definition) is 5. The number of phenolic OH excluding ortho intramolecular Hbond substituents is 2. The number of cyclic esters (lactones) is 1. The lowest BCUT2D eigenvalue weighted by Gasteiger charge is -2.09. The van der Waals surface area contributed by atoms with Crippen molar-refractivity contribution < 1.29 is 29.6 Å². The standard InChI is InChI=1S/C19H20O6/c1-11(2)3-6-14-15(20)7-12(8-16(14)21)4-5-13-9-19(24)25-17(13)10-18(22)23/h3-9,11,17,20-21H,10H2,1-2H3,(H,22,23)/t17-/m0/s1. The van der Waals surface area contributed by atoms with Gasteiger partial charge < -0.3 is 20.1 Å². The zero-order valence-electron chi connectivity index (χ0n) is 14.0. The fraction of sp³-hybridized carbons (Fsp3) is 0.263. The molecule has 0 amide bonds. The lowest BCUT2D eigenvalue weighted by molar-refractivity contribution is -0.144. The van der Waals surface area contributed by atoms with E-state index in [9.17, 15) is 19.8 Å². The molecule has 6 heteroatoms. The summed E-state index contributed by atoms with van der Waals surface area (Å²) in [4.78, 5) is 22.1. The van der Waals surface area contributed by atoms with Crippen LogP contribution in [0.1, 0.15) is 31.4 Å². The minimum atomic E-state index is -1.07. The van der Waals surface area contributed by atoms with Crippen molar-refractivity contribution in [1.82, 2.24) is 0 Å². The van der Waals surface area contributed by atoms with Gasteiger partial charge in [0.15, 0.2) is 0 Å². The molecule has 0 unspecified atom stereocenters. The number of allylic oxidation sites excluding steroid dienone is 1. The second-order valence-corrected chi connectivity index (χ2v) is 6.08. The predicted octanol–water partition coefficient (Wildman–Crippen LogP) is 3.11. The maximum atomic E-state index is 11.3. The van der Waals surface area contributed by atoms with Gasteiger partial charge in [0.1, 0.15) is 17.6 Å². The van der Waals surface area contributed by atoms with Crippen molar-refractivity contribution in [3.63, 3.8) is 0 Å². The molecule has 3 N–H and O–H groups in total. The van der Waals surface area contributed by atoms with Crippen LogP contribution in [-0.4, -0.2) is 33.4 Å². The highest BCUT2D eigenvalue weighted by Gasteiger charge is 2.26. The van der Waals surface area contributed by atoms with Gasteiger partial charge in [-0.3, -0.25) is 4.79 Å². The highest BCUT2D eigenvalue weighted by atomic mass is 16.5. The maximum Gasteiger partial charge on any atom is 0.331 e. The van der Waals surface area contributed by atoms with Crippen molar-refractivity contribution >= 4 is 24.1 Å². The largest absolute Gasteiger partial charge is 0.507 e. The molecule has 1 aliphatic rings. The number of rotatable bonds is 6. The molecule has 0 radical (unpaired) electrons. The Kier molecular flexibility index (Phi) is 5.64. The SMILES string of the molecule is CC(C)C=Cc1c(O)cc(C=CC2=CC(=O)O[C@H]2CC(=O)O)cc1O. The number of esters is 1. The van der Waals surface area contributed by atoms with Gasteiger partial charge in [0, 0.05) is 11.6 Å². The van der Waals surface area contributed by atoms with E-state index in [0.717, 1.165) is 0 Å². The van der Waals surface area contributed by atoms with Crippen LogP contribution in [0.2, 0.25) is 0 Å². The quantitative estimate of drug-likeness (QED) is 0.685. The van der Waals surface area contributed by atoms with Gasteiger partial charge in [-0.2, -0.15) is 0 Å². The molecule has 0 aliphatic carbocycles. The fourth-order valence-corrected chi connectivity index (χ4v) is 2.34. The minimum Gasteiger partial charge on any atom is -0.507 e.